The largest absolute Gasteiger partial charge is 0.726 e. The molecule has 0 aromatic heterocycles. The van der Waals surface area contributed by atoms with Crippen LogP contribution in [0.4, 0.5) is 0 Å². The first kappa shape index (κ1) is 17.7. The van der Waals surface area contributed by atoms with Crippen LogP contribution in [0.25, 0.3) is 0 Å². The molecule has 1 aromatic rings. The second kappa shape index (κ2) is 6.19. The Morgan fingerprint density at radius 2 is 1.85 bits per heavy atom. The number of benzene rings is 1. The summed E-state index contributed by atoms with van der Waals surface area (Å²) in [4.78, 5) is 2.40. The molecule has 0 saturated carbocycles. The minimum absolute atomic E-state index is 0.0826. The third kappa shape index (κ3) is 3.08. The van der Waals surface area contributed by atoms with Crippen molar-refractivity contribution in [2.45, 2.75) is 37.1 Å². The Morgan fingerprint density at radius 3 is 2.54 bits per heavy atom. The van der Waals surface area contributed by atoms with E-state index in [2.05, 4.69) is 4.90 Å². The highest BCUT2D eigenvalue weighted by molar-refractivity contribution is 7.79. The first-order valence-corrected chi connectivity index (χ1v) is 9.50. The van der Waals surface area contributed by atoms with Crippen LogP contribution < -0.4 is 9.47 Å². The van der Waals surface area contributed by atoms with Gasteiger partial charge in [0, 0.05) is 25.0 Å². The van der Waals surface area contributed by atoms with Gasteiger partial charge in [0.2, 0.25) is 17.2 Å². The zero-order valence-electron chi connectivity index (χ0n) is 13.6. The molecule has 0 amide bonds. The molecule has 0 spiro atoms. The number of fused-ring (bicyclic) bond motifs is 3. The van der Waals surface area contributed by atoms with Crippen LogP contribution >= 0.6 is 0 Å². The van der Waals surface area contributed by atoms with Crippen LogP contribution in [0, 0.1) is 0 Å². The zero-order valence-corrected chi connectivity index (χ0v) is 14.4. The maximum absolute atomic E-state index is 10.5. The maximum Gasteiger partial charge on any atom is 0.231 e. The van der Waals surface area contributed by atoms with E-state index in [-0.39, 0.29) is 18.8 Å². The molecular weight excluding hydrogens is 366 g/mol. The predicted octanol–water partition coefficient (Wildman–Crippen LogP) is -0.247. The van der Waals surface area contributed by atoms with Crippen LogP contribution in [0.5, 0.6) is 11.5 Å². The molecule has 0 unspecified atom stereocenters. The topological polar surface area (TPSA) is 140 Å². The molecule has 1 saturated heterocycles. The summed E-state index contributed by atoms with van der Waals surface area (Å²) in [6.07, 6.45) is 1.28. The van der Waals surface area contributed by atoms with Crippen LogP contribution in [0.15, 0.2) is 23.8 Å². The average molecular weight is 384 g/mol. The Kier molecular flexibility index (Phi) is 4.21. The molecule has 3 aliphatic heterocycles. The first-order chi connectivity index (χ1) is 12.2. The van der Waals surface area contributed by atoms with Gasteiger partial charge in [-0.15, -0.1) is 0 Å². The lowest BCUT2D eigenvalue weighted by molar-refractivity contribution is -0.00157. The van der Waals surface area contributed by atoms with Crippen molar-refractivity contribution in [1.82, 2.24) is 4.90 Å². The molecule has 10 heteroatoms. The van der Waals surface area contributed by atoms with Crippen molar-refractivity contribution < 1.29 is 37.2 Å². The van der Waals surface area contributed by atoms with Crippen LogP contribution in [0.2, 0.25) is 0 Å². The zero-order chi connectivity index (χ0) is 18.6. The fourth-order valence-corrected chi connectivity index (χ4v) is 4.35. The van der Waals surface area contributed by atoms with Gasteiger partial charge in [0.15, 0.2) is 11.5 Å². The van der Waals surface area contributed by atoms with E-state index in [1.54, 1.807) is 0 Å². The Hall–Kier alpha value is -1.69. The van der Waals surface area contributed by atoms with E-state index >= 15 is 0 Å². The van der Waals surface area contributed by atoms with E-state index in [1.807, 2.05) is 18.2 Å². The van der Waals surface area contributed by atoms with E-state index in [4.69, 9.17) is 27.0 Å². The van der Waals surface area contributed by atoms with Gasteiger partial charge in [-0.2, -0.15) is 0 Å². The standard InChI is InChI=1S/C16H17NO4.H2O4S/c18-11-3-8-1-2-17-6-9-4-12-13(21-7-20-12)5-10(9)14(15(8)17)16(11)19;1-5(2,3)4/h3-5,11,14-16,18-19H,1-2,6-7H2;(H2,1,2,3,4)/p-1/t11-,14-,15+,16+;/m0./s1. The Bertz CT molecular complexity index is 859. The summed E-state index contributed by atoms with van der Waals surface area (Å²) in [7, 11) is -4.92. The molecule has 9 nitrogen and oxygen atoms in total. The Balaban J connectivity index is 0.000000301. The molecule has 4 aliphatic rings. The van der Waals surface area contributed by atoms with Gasteiger partial charge in [-0.3, -0.25) is 9.45 Å². The quantitative estimate of drug-likeness (QED) is 0.314. The van der Waals surface area contributed by atoms with Crippen molar-refractivity contribution in [3.05, 3.63) is 34.9 Å². The molecule has 26 heavy (non-hydrogen) atoms. The molecule has 0 bridgehead atoms. The minimum Gasteiger partial charge on any atom is -0.726 e. The summed E-state index contributed by atoms with van der Waals surface area (Å²) in [5.41, 5.74) is 3.54. The first-order valence-electron chi connectivity index (χ1n) is 8.14. The highest BCUT2D eigenvalue weighted by Crippen LogP contribution is 2.49. The molecule has 0 radical (unpaired) electrons. The van der Waals surface area contributed by atoms with Gasteiger partial charge in [0.05, 0.1) is 12.2 Å². The Morgan fingerprint density at radius 1 is 1.19 bits per heavy atom. The normalized spacial score (nSPS) is 31.5. The SMILES string of the molecule is O=S(=O)([O-])O.O[C@H]1[C@H]2c3cc4c(cc3CN3CCC(=C[C@@H]1O)[C@H]23)OCO4. The molecule has 1 fully saturated rings. The van der Waals surface area contributed by atoms with Crippen molar-refractivity contribution in [1.29, 1.82) is 0 Å². The fourth-order valence-electron chi connectivity index (χ4n) is 4.35. The van der Waals surface area contributed by atoms with Crippen molar-refractivity contribution >= 4 is 10.4 Å². The van der Waals surface area contributed by atoms with E-state index in [1.165, 1.54) is 11.1 Å². The van der Waals surface area contributed by atoms with Crippen LogP contribution in [-0.2, 0) is 16.9 Å². The number of aliphatic hydroxyl groups excluding tert-OH is 2. The summed E-state index contributed by atoms with van der Waals surface area (Å²) in [6.45, 7) is 2.11. The fraction of sp³-hybridized carbons (Fsp3) is 0.500. The molecule has 3 heterocycles. The summed E-state index contributed by atoms with van der Waals surface area (Å²) in [5, 5.41) is 20.7. The molecule has 1 aromatic carbocycles. The maximum atomic E-state index is 10.5. The minimum atomic E-state index is -4.92. The van der Waals surface area contributed by atoms with Gasteiger partial charge in [-0.05, 0) is 29.7 Å². The lowest BCUT2D eigenvalue weighted by atomic mass is 9.73. The van der Waals surface area contributed by atoms with Crippen LogP contribution in [0.1, 0.15) is 23.5 Å². The van der Waals surface area contributed by atoms with Gasteiger partial charge < -0.3 is 24.2 Å². The van der Waals surface area contributed by atoms with Gasteiger partial charge in [-0.25, -0.2) is 8.42 Å². The number of ether oxygens (including phenoxy) is 2. The number of nitrogens with zero attached hydrogens (tertiary/aromatic N) is 1. The molecule has 142 valence electrons. The number of hydrogen-bond acceptors (Lipinski definition) is 8. The van der Waals surface area contributed by atoms with Crippen molar-refractivity contribution in [3.63, 3.8) is 0 Å². The highest BCUT2D eigenvalue weighted by atomic mass is 32.3. The number of hydrogen-bond donors (Lipinski definition) is 3. The summed E-state index contributed by atoms with van der Waals surface area (Å²) >= 11 is 0. The van der Waals surface area contributed by atoms with Gasteiger partial charge >= 0.3 is 0 Å². The predicted molar refractivity (Wildman–Crippen MR) is 86.5 cm³/mol. The third-order valence-corrected chi connectivity index (χ3v) is 5.27. The number of rotatable bonds is 0. The highest BCUT2D eigenvalue weighted by Gasteiger charge is 2.48. The summed E-state index contributed by atoms with van der Waals surface area (Å²) in [5.74, 6) is 1.45. The molecule has 5 rings (SSSR count). The van der Waals surface area contributed by atoms with E-state index in [0.717, 1.165) is 36.6 Å². The van der Waals surface area contributed by atoms with Crippen molar-refractivity contribution in [2.24, 2.45) is 0 Å². The van der Waals surface area contributed by atoms with Gasteiger partial charge in [0.1, 0.15) is 0 Å². The van der Waals surface area contributed by atoms with Crippen LogP contribution in [-0.4, -0.2) is 64.2 Å². The summed E-state index contributed by atoms with van der Waals surface area (Å²) in [6, 6.07) is 4.25. The summed E-state index contributed by atoms with van der Waals surface area (Å²) < 4.78 is 43.8. The van der Waals surface area contributed by atoms with E-state index in [0.29, 0.717) is 0 Å². The molecule has 1 aliphatic carbocycles. The van der Waals surface area contributed by atoms with E-state index < -0.39 is 22.6 Å². The molecular formula is C16H18NO8S-. The van der Waals surface area contributed by atoms with Crippen molar-refractivity contribution in [2.75, 3.05) is 13.3 Å². The second-order valence-corrected chi connectivity index (χ2v) is 7.60. The number of aliphatic hydroxyl groups is 2. The van der Waals surface area contributed by atoms with Crippen molar-refractivity contribution in [3.8, 4) is 11.5 Å². The lowest BCUT2D eigenvalue weighted by Crippen LogP contribution is -2.49. The monoisotopic (exact) mass is 384 g/mol. The smallest absolute Gasteiger partial charge is 0.231 e. The Labute approximate surface area is 150 Å². The van der Waals surface area contributed by atoms with Crippen LogP contribution in [0.3, 0.4) is 0 Å². The van der Waals surface area contributed by atoms with Gasteiger partial charge in [-0.1, -0.05) is 11.6 Å². The third-order valence-electron chi connectivity index (χ3n) is 5.27. The average Bonchev–Trinajstić information content (AvgIpc) is 3.14. The molecule has 4 atom stereocenters. The van der Waals surface area contributed by atoms with E-state index in [9.17, 15) is 10.2 Å². The molecule has 3 N–H and O–H groups in total. The van der Waals surface area contributed by atoms with Gasteiger partial charge in [0.25, 0.3) is 0 Å². The second-order valence-electron chi connectivity index (χ2n) is 6.75. The lowest BCUT2D eigenvalue weighted by Gasteiger charge is -2.44.